The largest absolute Gasteiger partial charge is 0.458 e. The number of ether oxygens (including phenoxy) is 1. The van der Waals surface area contributed by atoms with Crippen LogP contribution < -0.4 is 0 Å². The summed E-state index contributed by atoms with van der Waals surface area (Å²) in [5.74, 6) is -0.740. The Bertz CT molecular complexity index is 464. The predicted molar refractivity (Wildman–Crippen MR) is 80.8 cm³/mol. The van der Waals surface area contributed by atoms with Crippen molar-refractivity contribution in [1.82, 2.24) is 4.90 Å². The smallest absolute Gasteiger partial charge is 0.338 e. The molecule has 0 spiro atoms. The van der Waals surface area contributed by atoms with Crippen LogP contribution >= 0.6 is 0 Å². The summed E-state index contributed by atoms with van der Waals surface area (Å²) >= 11 is 0. The van der Waals surface area contributed by atoms with Gasteiger partial charge in [0, 0.05) is 18.6 Å². The standard InChI is InChI=1S/C17H24FNO2/c1-12-5-4-6-13(2)19(12)11-14(3)21-17(20)15-7-9-16(18)10-8-15/h7-10,12-14H,4-6,11H2,1-3H3/t12-,13+,14-/m0/s1. The summed E-state index contributed by atoms with van der Waals surface area (Å²) in [6.07, 6.45) is 3.49. The van der Waals surface area contributed by atoms with Crippen LogP contribution in [0.25, 0.3) is 0 Å². The third-order valence-corrected chi connectivity index (χ3v) is 4.23. The highest BCUT2D eigenvalue weighted by Crippen LogP contribution is 2.23. The van der Waals surface area contributed by atoms with Gasteiger partial charge in [-0.2, -0.15) is 0 Å². The molecule has 0 saturated carbocycles. The van der Waals surface area contributed by atoms with Crippen LogP contribution in [0.1, 0.15) is 50.4 Å². The number of piperidine rings is 1. The molecule has 0 radical (unpaired) electrons. The summed E-state index contributed by atoms with van der Waals surface area (Å²) < 4.78 is 18.3. The van der Waals surface area contributed by atoms with E-state index in [0.717, 1.165) is 6.54 Å². The molecule has 0 bridgehead atoms. The lowest BCUT2D eigenvalue weighted by Crippen LogP contribution is -2.47. The molecule has 0 amide bonds. The number of esters is 1. The van der Waals surface area contributed by atoms with Gasteiger partial charge in [0.1, 0.15) is 11.9 Å². The molecular weight excluding hydrogens is 269 g/mol. The van der Waals surface area contributed by atoms with Gasteiger partial charge in [0.15, 0.2) is 0 Å². The lowest BCUT2D eigenvalue weighted by atomic mass is 9.97. The molecule has 1 saturated heterocycles. The summed E-state index contributed by atoms with van der Waals surface area (Å²) in [6.45, 7) is 7.11. The molecule has 3 nitrogen and oxygen atoms in total. The van der Waals surface area contributed by atoms with Gasteiger partial charge in [0.25, 0.3) is 0 Å². The van der Waals surface area contributed by atoms with Gasteiger partial charge in [0.05, 0.1) is 5.56 Å². The van der Waals surface area contributed by atoms with Crippen LogP contribution in [0.5, 0.6) is 0 Å². The molecule has 1 aliphatic rings. The lowest BCUT2D eigenvalue weighted by Gasteiger charge is -2.40. The average Bonchev–Trinajstić information content (AvgIpc) is 2.43. The Labute approximate surface area is 126 Å². The average molecular weight is 293 g/mol. The fourth-order valence-electron chi connectivity index (χ4n) is 3.01. The molecule has 0 aliphatic carbocycles. The zero-order valence-corrected chi connectivity index (χ0v) is 13.0. The zero-order valence-electron chi connectivity index (χ0n) is 13.0. The number of nitrogens with zero attached hydrogens (tertiary/aromatic N) is 1. The van der Waals surface area contributed by atoms with Gasteiger partial charge < -0.3 is 4.74 Å². The number of carbonyl (C=O) groups is 1. The number of carbonyl (C=O) groups excluding carboxylic acids is 1. The van der Waals surface area contributed by atoms with E-state index in [1.54, 1.807) is 0 Å². The van der Waals surface area contributed by atoms with E-state index in [1.807, 2.05) is 6.92 Å². The molecule has 4 heteroatoms. The summed E-state index contributed by atoms with van der Waals surface area (Å²) in [5.41, 5.74) is 0.392. The Kier molecular flexibility index (Phi) is 5.34. The molecule has 0 unspecified atom stereocenters. The third kappa shape index (κ3) is 4.27. The molecule has 1 aliphatic heterocycles. The van der Waals surface area contributed by atoms with Gasteiger partial charge >= 0.3 is 5.97 Å². The van der Waals surface area contributed by atoms with Crippen molar-refractivity contribution < 1.29 is 13.9 Å². The summed E-state index contributed by atoms with van der Waals surface area (Å²) in [5, 5.41) is 0. The van der Waals surface area contributed by atoms with Crippen molar-refractivity contribution >= 4 is 5.97 Å². The van der Waals surface area contributed by atoms with Crippen LogP contribution in [0, 0.1) is 5.82 Å². The van der Waals surface area contributed by atoms with Crippen LogP contribution in [0.4, 0.5) is 4.39 Å². The Morgan fingerprint density at radius 3 is 2.43 bits per heavy atom. The van der Waals surface area contributed by atoms with E-state index in [9.17, 15) is 9.18 Å². The molecule has 1 heterocycles. The van der Waals surface area contributed by atoms with Gasteiger partial charge in [-0.05, 0) is 57.9 Å². The molecule has 21 heavy (non-hydrogen) atoms. The summed E-state index contributed by atoms with van der Waals surface area (Å²) in [7, 11) is 0. The van der Waals surface area contributed by atoms with Gasteiger partial charge in [-0.1, -0.05) is 6.42 Å². The first-order valence-corrected chi connectivity index (χ1v) is 7.69. The van der Waals surface area contributed by atoms with E-state index in [1.165, 1.54) is 43.5 Å². The van der Waals surface area contributed by atoms with Crippen LogP contribution in [0.15, 0.2) is 24.3 Å². The minimum absolute atomic E-state index is 0.175. The Morgan fingerprint density at radius 2 is 1.86 bits per heavy atom. The van der Waals surface area contributed by atoms with Crippen molar-refractivity contribution in [2.24, 2.45) is 0 Å². The zero-order chi connectivity index (χ0) is 15.4. The topological polar surface area (TPSA) is 29.5 Å². The molecule has 0 N–H and O–H groups in total. The maximum Gasteiger partial charge on any atom is 0.338 e. The maximum absolute atomic E-state index is 12.8. The highest BCUT2D eigenvalue weighted by molar-refractivity contribution is 5.89. The monoisotopic (exact) mass is 293 g/mol. The first kappa shape index (κ1) is 16.0. The van der Waals surface area contributed by atoms with Gasteiger partial charge in [-0.3, -0.25) is 4.90 Å². The number of benzene rings is 1. The van der Waals surface area contributed by atoms with E-state index in [-0.39, 0.29) is 17.9 Å². The minimum atomic E-state index is -0.389. The van der Waals surface area contributed by atoms with Crippen molar-refractivity contribution in [3.63, 3.8) is 0 Å². The lowest BCUT2D eigenvalue weighted by molar-refractivity contribution is 0.00811. The first-order valence-electron chi connectivity index (χ1n) is 7.69. The number of hydrogen-bond donors (Lipinski definition) is 0. The van der Waals surface area contributed by atoms with Crippen LogP contribution in [-0.4, -0.2) is 35.6 Å². The molecule has 0 aromatic heterocycles. The highest BCUT2D eigenvalue weighted by Gasteiger charge is 2.26. The Hall–Kier alpha value is -1.42. The molecule has 1 aromatic rings. The van der Waals surface area contributed by atoms with Crippen molar-refractivity contribution in [1.29, 1.82) is 0 Å². The number of hydrogen-bond acceptors (Lipinski definition) is 3. The normalized spacial score (nSPS) is 24.6. The van der Waals surface area contributed by atoms with Crippen LogP contribution in [0.3, 0.4) is 0 Å². The first-order chi connectivity index (χ1) is 9.97. The second-order valence-corrected chi connectivity index (χ2v) is 6.05. The molecule has 3 atom stereocenters. The van der Waals surface area contributed by atoms with Gasteiger partial charge in [0.2, 0.25) is 0 Å². The highest BCUT2D eigenvalue weighted by atomic mass is 19.1. The third-order valence-electron chi connectivity index (χ3n) is 4.23. The van der Waals surface area contributed by atoms with E-state index >= 15 is 0 Å². The maximum atomic E-state index is 12.8. The second kappa shape index (κ2) is 7.03. The fraction of sp³-hybridized carbons (Fsp3) is 0.588. The Morgan fingerprint density at radius 1 is 1.29 bits per heavy atom. The van der Waals surface area contributed by atoms with Crippen LogP contribution in [-0.2, 0) is 4.74 Å². The number of halogens is 1. The van der Waals surface area contributed by atoms with E-state index in [4.69, 9.17) is 4.74 Å². The van der Waals surface area contributed by atoms with Crippen LogP contribution in [0.2, 0.25) is 0 Å². The fourth-order valence-corrected chi connectivity index (χ4v) is 3.01. The molecule has 116 valence electrons. The van der Waals surface area contributed by atoms with Crippen molar-refractivity contribution in [2.75, 3.05) is 6.54 Å². The number of likely N-dealkylation sites (tertiary alicyclic amines) is 1. The summed E-state index contributed by atoms with van der Waals surface area (Å²) in [4.78, 5) is 14.4. The number of rotatable bonds is 4. The van der Waals surface area contributed by atoms with Gasteiger partial charge in [-0.25, -0.2) is 9.18 Å². The van der Waals surface area contributed by atoms with Crippen molar-refractivity contribution in [2.45, 2.75) is 58.2 Å². The molecule has 1 aromatic carbocycles. The summed E-state index contributed by atoms with van der Waals surface area (Å²) in [6, 6.07) is 6.51. The van der Waals surface area contributed by atoms with E-state index in [0.29, 0.717) is 17.6 Å². The molecule has 2 rings (SSSR count). The van der Waals surface area contributed by atoms with E-state index in [2.05, 4.69) is 18.7 Å². The quantitative estimate of drug-likeness (QED) is 0.794. The van der Waals surface area contributed by atoms with Gasteiger partial charge in [-0.15, -0.1) is 0 Å². The SMILES string of the molecule is C[C@@H]1CCC[C@H](C)N1C[C@H](C)OC(=O)c1ccc(F)cc1. The molecular formula is C17H24FNO2. The van der Waals surface area contributed by atoms with Crippen molar-refractivity contribution in [3.05, 3.63) is 35.6 Å². The minimum Gasteiger partial charge on any atom is -0.458 e. The predicted octanol–water partition coefficient (Wildman–Crippen LogP) is 3.63. The van der Waals surface area contributed by atoms with Crippen molar-refractivity contribution in [3.8, 4) is 0 Å². The Balaban J connectivity index is 1.90. The second-order valence-electron chi connectivity index (χ2n) is 6.05. The van der Waals surface area contributed by atoms with E-state index < -0.39 is 0 Å². The molecule has 1 fully saturated rings.